The largest absolute Gasteiger partial charge is 0.466 e. The molecule has 2 amide bonds. The molecule has 0 saturated carbocycles. The van der Waals surface area contributed by atoms with Gasteiger partial charge in [-0.25, -0.2) is 0 Å². The zero-order valence-electron chi connectivity index (χ0n) is 17.9. The SMILES string of the molecule is CCOC(=O)C1CCN(CC(=O)Nc2cccc(C(=O)N3CCCCCC3)c2)CC1. The number of nitrogens with one attached hydrogen (secondary N) is 1. The lowest BCUT2D eigenvalue weighted by Crippen LogP contribution is -2.41. The first-order valence-electron chi connectivity index (χ1n) is 11.1. The van der Waals surface area contributed by atoms with Crippen molar-refractivity contribution in [2.45, 2.75) is 45.4 Å². The highest BCUT2D eigenvalue weighted by Gasteiger charge is 2.26. The number of hydrogen-bond acceptors (Lipinski definition) is 5. The van der Waals surface area contributed by atoms with Gasteiger partial charge in [0, 0.05) is 24.3 Å². The molecule has 2 aliphatic heterocycles. The lowest BCUT2D eigenvalue weighted by Gasteiger charge is -2.30. The lowest BCUT2D eigenvalue weighted by molar-refractivity contribution is -0.149. The fourth-order valence-electron chi connectivity index (χ4n) is 4.18. The van der Waals surface area contributed by atoms with Crippen molar-refractivity contribution in [1.82, 2.24) is 9.80 Å². The highest BCUT2D eigenvalue weighted by atomic mass is 16.5. The van der Waals surface area contributed by atoms with Gasteiger partial charge in [0.05, 0.1) is 19.1 Å². The molecule has 30 heavy (non-hydrogen) atoms. The maximum absolute atomic E-state index is 12.8. The van der Waals surface area contributed by atoms with Gasteiger partial charge < -0.3 is 15.0 Å². The van der Waals surface area contributed by atoms with Crippen molar-refractivity contribution in [3.8, 4) is 0 Å². The Kier molecular flexibility index (Phi) is 8.25. The van der Waals surface area contributed by atoms with E-state index in [-0.39, 0.29) is 30.2 Å². The third-order valence-electron chi connectivity index (χ3n) is 5.86. The van der Waals surface area contributed by atoms with E-state index >= 15 is 0 Å². The minimum Gasteiger partial charge on any atom is -0.466 e. The van der Waals surface area contributed by atoms with Crippen LogP contribution >= 0.6 is 0 Å². The number of likely N-dealkylation sites (tertiary alicyclic amines) is 2. The number of benzene rings is 1. The second-order valence-electron chi connectivity index (χ2n) is 8.14. The van der Waals surface area contributed by atoms with E-state index in [0.717, 1.165) is 25.9 Å². The van der Waals surface area contributed by atoms with Gasteiger partial charge in [-0.15, -0.1) is 0 Å². The number of piperidine rings is 1. The van der Waals surface area contributed by atoms with Crippen LogP contribution in [0.15, 0.2) is 24.3 Å². The Labute approximate surface area is 178 Å². The van der Waals surface area contributed by atoms with Gasteiger partial charge in [-0.2, -0.15) is 0 Å². The van der Waals surface area contributed by atoms with Gasteiger partial charge in [-0.3, -0.25) is 19.3 Å². The van der Waals surface area contributed by atoms with Crippen LogP contribution < -0.4 is 5.32 Å². The third kappa shape index (κ3) is 6.29. The number of carbonyl (C=O) groups excluding carboxylic acids is 3. The summed E-state index contributed by atoms with van der Waals surface area (Å²) in [5, 5.41) is 2.91. The number of nitrogens with zero attached hydrogens (tertiary/aromatic N) is 2. The first-order chi connectivity index (χ1) is 14.6. The molecule has 1 N–H and O–H groups in total. The molecule has 2 fully saturated rings. The minimum atomic E-state index is -0.132. The van der Waals surface area contributed by atoms with Crippen molar-refractivity contribution in [2.75, 3.05) is 44.6 Å². The fourth-order valence-corrected chi connectivity index (χ4v) is 4.18. The molecule has 3 rings (SSSR count). The van der Waals surface area contributed by atoms with Crippen LogP contribution in [-0.4, -0.2) is 66.9 Å². The van der Waals surface area contributed by atoms with E-state index in [1.54, 1.807) is 6.07 Å². The van der Waals surface area contributed by atoms with E-state index in [1.165, 1.54) is 12.8 Å². The molecule has 0 radical (unpaired) electrons. The summed E-state index contributed by atoms with van der Waals surface area (Å²) >= 11 is 0. The van der Waals surface area contributed by atoms with Crippen LogP contribution in [0.2, 0.25) is 0 Å². The molecule has 2 heterocycles. The number of amides is 2. The van der Waals surface area contributed by atoms with Crippen LogP contribution in [0.3, 0.4) is 0 Å². The fraction of sp³-hybridized carbons (Fsp3) is 0.609. The molecule has 164 valence electrons. The average molecular weight is 416 g/mol. The molecular weight excluding hydrogens is 382 g/mol. The van der Waals surface area contributed by atoms with E-state index in [4.69, 9.17) is 4.74 Å². The summed E-state index contributed by atoms with van der Waals surface area (Å²) < 4.78 is 5.09. The van der Waals surface area contributed by atoms with Crippen molar-refractivity contribution in [1.29, 1.82) is 0 Å². The molecule has 0 aliphatic carbocycles. The molecule has 1 aromatic carbocycles. The van der Waals surface area contributed by atoms with Gasteiger partial charge in [-0.05, 0) is 63.9 Å². The van der Waals surface area contributed by atoms with Crippen LogP contribution in [0.4, 0.5) is 5.69 Å². The minimum absolute atomic E-state index is 0.0361. The van der Waals surface area contributed by atoms with E-state index in [2.05, 4.69) is 10.2 Å². The van der Waals surface area contributed by atoms with Crippen molar-refractivity contribution in [2.24, 2.45) is 5.92 Å². The summed E-state index contributed by atoms with van der Waals surface area (Å²) in [4.78, 5) is 41.1. The topological polar surface area (TPSA) is 79.0 Å². The molecule has 7 heteroatoms. The van der Waals surface area contributed by atoms with Crippen LogP contribution in [0.5, 0.6) is 0 Å². The van der Waals surface area contributed by atoms with Gasteiger partial charge in [0.25, 0.3) is 5.91 Å². The van der Waals surface area contributed by atoms with Crippen LogP contribution in [0.1, 0.15) is 55.8 Å². The van der Waals surface area contributed by atoms with E-state index in [9.17, 15) is 14.4 Å². The van der Waals surface area contributed by atoms with E-state index in [1.807, 2.05) is 30.0 Å². The van der Waals surface area contributed by atoms with Gasteiger partial charge in [0.2, 0.25) is 5.91 Å². The summed E-state index contributed by atoms with van der Waals surface area (Å²) in [6.07, 6.45) is 5.88. The Bertz CT molecular complexity index is 736. The Balaban J connectivity index is 1.49. The first-order valence-corrected chi connectivity index (χ1v) is 11.1. The number of hydrogen-bond donors (Lipinski definition) is 1. The molecule has 2 saturated heterocycles. The Morgan fingerprint density at radius 1 is 1.03 bits per heavy atom. The predicted octanol–water partition coefficient (Wildman–Crippen LogP) is 2.92. The second-order valence-corrected chi connectivity index (χ2v) is 8.14. The highest BCUT2D eigenvalue weighted by Crippen LogP contribution is 2.19. The molecule has 2 aliphatic rings. The monoisotopic (exact) mass is 415 g/mol. The van der Waals surface area contributed by atoms with Crippen molar-refractivity contribution < 1.29 is 19.1 Å². The Hall–Kier alpha value is -2.41. The molecule has 0 unspecified atom stereocenters. The summed E-state index contributed by atoms with van der Waals surface area (Å²) in [7, 11) is 0. The summed E-state index contributed by atoms with van der Waals surface area (Å²) in [5.41, 5.74) is 1.26. The normalized spacial score (nSPS) is 18.5. The first kappa shape index (κ1) is 22.3. The lowest BCUT2D eigenvalue weighted by atomic mass is 9.97. The van der Waals surface area contributed by atoms with E-state index in [0.29, 0.717) is 43.8 Å². The molecule has 0 atom stereocenters. The maximum atomic E-state index is 12.8. The van der Waals surface area contributed by atoms with Crippen LogP contribution in [0.25, 0.3) is 0 Å². The summed E-state index contributed by atoms with van der Waals surface area (Å²) in [5.74, 6) is -0.267. The number of ether oxygens (including phenoxy) is 1. The molecule has 0 bridgehead atoms. The highest BCUT2D eigenvalue weighted by molar-refractivity contribution is 5.97. The summed E-state index contributed by atoms with van der Waals surface area (Å²) in [6.45, 7) is 5.50. The smallest absolute Gasteiger partial charge is 0.309 e. The van der Waals surface area contributed by atoms with Crippen molar-refractivity contribution >= 4 is 23.5 Å². The number of rotatable bonds is 6. The van der Waals surface area contributed by atoms with Gasteiger partial charge >= 0.3 is 5.97 Å². The number of anilines is 1. The molecule has 1 aromatic rings. The molecule has 7 nitrogen and oxygen atoms in total. The zero-order valence-corrected chi connectivity index (χ0v) is 17.9. The Morgan fingerprint density at radius 3 is 2.40 bits per heavy atom. The van der Waals surface area contributed by atoms with Crippen LogP contribution in [0, 0.1) is 5.92 Å². The average Bonchev–Trinajstić information content (AvgIpc) is 3.03. The maximum Gasteiger partial charge on any atom is 0.309 e. The van der Waals surface area contributed by atoms with Gasteiger partial charge in [0.1, 0.15) is 0 Å². The Morgan fingerprint density at radius 2 is 1.73 bits per heavy atom. The molecule has 0 spiro atoms. The second kappa shape index (κ2) is 11.1. The van der Waals surface area contributed by atoms with E-state index < -0.39 is 0 Å². The molecular formula is C23H33N3O4. The zero-order chi connectivity index (χ0) is 21.3. The number of esters is 1. The third-order valence-corrected chi connectivity index (χ3v) is 5.86. The number of carbonyl (C=O) groups is 3. The predicted molar refractivity (Wildman–Crippen MR) is 115 cm³/mol. The molecule has 0 aromatic heterocycles. The quantitative estimate of drug-likeness (QED) is 0.723. The summed E-state index contributed by atoms with van der Waals surface area (Å²) in [6, 6.07) is 7.19. The van der Waals surface area contributed by atoms with Gasteiger partial charge in [0.15, 0.2) is 0 Å². The van der Waals surface area contributed by atoms with Gasteiger partial charge in [-0.1, -0.05) is 18.9 Å². The van der Waals surface area contributed by atoms with Crippen molar-refractivity contribution in [3.63, 3.8) is 0 Å². The standard InChI is InChI=1S/C23H33N3O4/c1-2-30-23(29)18-10-14-25(15-11-18)17-21(27)24-20-9-7-8-19(16-20)22(28)26-12-5-3-4-6-13-26/h7-9,16,18H,2-6,10-15,17H2,1H3,(H,24,27). The van der Waals surface area contributed by atoms with Crippen LogP contribution in [-0.2, 0) is 14.3 Å². The van der Waals surface area contributed by atoms with Crippen molar-refractivity contribution in [3.05, 3.63) is 29.8 Å².